The zero-order valence-corrected chi connectivity index (χ0v) is 17.4. The third-order valence-electron chi connectivity index (χ3n) is 6.94. The minimum atomic E-state index is -0.718. The first-order valence-corrected chi connectivity index (χ1v) is 10.9. The number of aromatic amines is 1. The van der Waals surface area contributed by atoms with Crippen LogP contribution in [0, 0.1) is 17.8 Å². The maximum Gasteiger partial charge on any atom is 0.308 e. The van der Waals surface area contributed by atoms with Gasteiger partial charge in [0.2, 0.25) is 0 Å². The standard InChI is InChI=1S/C22H21ClN6O2/c23-13-8-14-15(10-25-19(14)24-9-13)20-27-21(16-2-1-7-29(16)28-20)26-18-12-5-3-11(4-6-12)17(18)22(30)31/h1-2,7-12,17-18H,3-6H2,(H,24,25)(H,30,31)(H,26,27,28)/t11?,12?,17-,18-/m0/s1. The van der Waals surface area contributed by atoms with Crippen LogP contribution in [0.1, 0.15) is 25.7 Å². The van der Waals surface area contributed by atoms with Crippen LogP contribution in [0.15, 0.2) is 36.8 Å². The molecule has 4 aromatic heterocycles. The molecular formula is C22H21ClN6O2. The number of H-pyrrole nitrogens is 1. The average Bonchev–Trinajstić information content (AvgIpc) is 3.41. The van der Waals surface area contributed by atoms with Crippen molar-refractivity contribution in [2.45, 2.75) is 31.7 Å². The van der Waals surface area contributed by atoms with Gasteiger partial charge in [-0.15, -0.1) is 5.10 Å². The van der Waals surface area contributed by atoms with Crippen LogP contribution in [-0.2, 0) is 4.79 Å². The van der Waals surface area contributed by atoms with Gasteiger partial charge in [-0.2, -0.15) is 0 Å². The molecule has 8 nitrogen and oxygen atoms in total. The van der Waals surface area contributed by atoms with Gasteiger partial charge in [-0.05, 0) is 55.7 Å². The van der Waals surface area contributed by atoms with E-state index in [0.29, 0.717) is 28.2 Å². The van der Waals surface area contributed by atoms with Crippen LogP contribution in [0.2, 0.25) is 5.02 Å². The Kier molecular flexibility index (Phi) is 4.17. The third-order valence-corrected chi connectivity index (χ3v) is 7.14. The number of nitrogens with zero attached hydrogens (tertiary/aromatic N) is 4. The topological polar surface area (TPSA) is 108 Å². The molecule has 0 spiro atoms. The van der Waals surface area contributed by atoms with Gasteiger partial charge in [-0.25, -0.2) is 14.5 Å². The molecule has 31 heavy (non-hydrogen) atoms. The lowest BCUT2D eigenvalue weighted by molar-refractivity contribution is -0.148. The number of carboxylic acids is 1. The molecular weight excluding hydrogens is 416 g/mol. The van der Waals surface area contributed by atoms with E-state index in [-0.39, 0.29) is 12.0 Å². The van der Waals surface area contributed by atoms with Gasteiger partial charge in [-0.1, -0.05) is 11.6 Å². The SMILES string of the molecule is O=C(O)[C@H]1C2CCC(CC2)[C@@H]1Nc1nc(-c2c[nH]c3ncc(Cl)cc23)nn2cccc12. The Morgan fingerprint density at radius 3 is 2.87 bits per heavy atom. The summed E-state index contributed by atoms with van der Waals surface area (Å²) >= 11 is 6.16. The lowest BCUT2D eigenvalue weighted by Gasteiger charge is -2.47. The maximum atomic E-state index is 12.1. The highest BCUT2D eigenvalue weighted by molar-refractivity contribution is 6.31. The number of aliphatic carboxylic acids is 1. The molecule has 0 radical (unpaired) electrons. The Hall–Kier alpha value is -3.13. The highest BCUT2D eigenvalue weighted by Gasteiger charge is 2.47. The number of carbonyl (C=O) groups is 1. The van der Waals surface area contributed by atoms with Crippen LogP contribution in [0.5, 0.6) is 0 Å². The van der Waals surface area contributed by atoms with Crippen molar-refractivity contribution in [1.82, 2.24) is 24.6 Å². The molecule has 7 rings (SSSR count). The first kappa shape index (κ1) is 18.6. The van der Waals surface area contributed by atoms with Gasteiger partial charge in [0, 0.05) is 35.6 Å². The van der Waals surface area contributed by atoms with E-state index in [1.165, 1.54) is 0 Å². The molecule has 0 aromatic carbocycles. The highest BCUT2D eigenvalue weighted by Crippen LogP contribution is 2.46. The Morgan fingerprint density at radius 1 is 1.26 bits per heavy atom. The number of halogens is 1. The fourth-order valence-electron chi connectivity index (χ4n) is 5.49. The van der Waals surface area contributed by atoms with E-state index < -0.39 is 11.9 Å². The second kappa shape index (κ2) is 6.95. The molecule has 9 heteroatoms. The van der Waals surface area contributed by atoms with E-state index >= 15 is 0 Å². The number of aromatic nitrogens is 5. The van der Waals surface area contributed by atoms with Gasteiger partial charge in [0.05, 0.1) is 10.9 Å². The van der Waals surface area contributed by atoms with Crippen molar-refractivity contribution in [2.75, 3.05) is 5.32 Å². The van der Waals surface area contributed by atoms with Gasteiger partial charge in [-0.3, -0.25) is 4.79 Å². The predicted octanol–water partition coefficient (Wildman–Crippen LogP) is 4.23. The number of hydrogen-bond acceptors (Lipinski definition) is 5. The van der Waals surface area contributed by atoms with Crippen molar-refractivity contribution < 1.29 is 9.90 Å². The van der Waals surface area contributed by atoms with E-state index in [1.807, 2.05) is 30.6 Å². The second-order valence-corrected chi connectivity index (χ2v) is 9.02. The van der Waals surface area contributed by atoms with Crippen molar-refractivity contribution in [1.29, 1.82) is 0 Å². The summed E-state index contributed by atoms with van der Waals surface area (Å²) in [5.74, 6) is 0.640. The molecule has 2 atom stereocenters. The van der Waals surface area contributed by atoms with E-state index in [4.69, 9.17) is 16.6 Å². The van der Waals surface area contributed by atoms with Crippen molar-refractivity contribution in [3.63, 3.8) is 0 Å². The molecule has 3 saturated carbocycles. The van der Waals surface area contributed by atoms with E-state index in [0.717, 1.165) is 42.1 Å². The monoisotopic (exact) mass is 436 g/mol. The fourth-order valence-corrected chi connectivity index (χ4v) is 5.65. The summed E-state index contributed by atoms with van der Waals surface area (Å²) in [5.41, 5.74) is 2.33. The number of fused-ring (bicyclic) bond motifs is 5. The molecule has 0 unspecified atom stereocenters. The molecule has 0 aliphatic heterocycles. The highest BCUT2D eigenvalue weighted by atomic mass is 35.5. The largest absolute Gasteiger partial charge is 0.481 e. The number of anilines is 1. The molecule has 3 fully saturated rings. The summed E-state index contributed by atoms with van der Waals surface area (Å²) in [5, 5.41) is 19.5. The average molecular weight is 437 g/mol. The number of carboxylic acid groups (broad SMARTS) is 1. The van der Waals surface area contributed by atoms with Crippen molar-refractivity contribution >= 4 is 39.9 Å². The Balaban J connectivity index is 1.46. The number of rotatable bonds is 4. The fraction of sp³-hybridized carbons (Fsp3) is 0.364. The maximum absolute atomic E-state index is 12.1. The molecule has 0 saturated heterocycles. The van der Waals surface area contributed by atoms with Crippen molar-refractivity contribution in [2.24, 2.45) is 17.8 Å². The van der Waals surface area contributed by atoms with Gasteiger partial charge in [0.1, 0.15) is 11.2 Å². The molecule has 158 valence electrons. The summed E-state index contributed by atoms with van der Waals surface area (Å²) in [4.78, 5) is 24.4. The van der Waals surface area contributed by atoms with Gasteiger partial charge in [0.25, 0.3) is 0 Å². The zero-order chi connectivity index (χ0) is 21.1. The lowest BCUT2D eigenvalue weighted by Crippen LogP contribution is -2.51. The molecule has 3 N–H and O–H groups in total. The Labute approximate surface area is 182 Å². The summed E-state index contributed by atoms with van der Waals surface area (Å²) in [7, 11) is 0. The first-order valence-electron chi connectivity index (χ1n) is 10.6. The van der Waals surface area contributed by atoms with Crippen LogP contribution in [-0.4, -0.2) is 41.7 Å². The molecule has 4 aromatic rings. The third kappa shape index (κ3) is 2.96. The van der Waals surface area contributed by atoms with Crippen LogP contribution in [0.25, 0.3) is 27.9 Å². The van der Waals surface area contributed by atoms with Gasteiger partial charge < -0.3 is 15.4 Å². The van der Waals surface area contributed by atoms with Crippen LogP contribution in [0.4, 0.5) is 5.82 Å². The quantitative estimate of drug-likeness (QED) is 0.442. The van der Waals surface area contributed by atoms with Gasteiger partial charge in [0.15, 0.2) is 11.6 Å². The number of nitrogens with one attached hydrogen (secondary N) is 2. The Morgan fingerprint density at radius 2 is 2.06 bits per heavy atom. The molecule has 0 amide bonds. The number of hydrogen-bond donors (Lipinski definition) is 3. The van der Waals surface area contributed by atoms with Crippen LogP contribution >= 0.6 is 11.6 Å². The van der Waals surface area contributed by atoms with Crippen LogP contribution in [0.3, 0.4) is 0 Å². The predicted molar refractivity (Wildman–Crippen MR) is 117 cm³/mol. The minimum absolute atomic E-state index is 0.134. The molecule has 2 bridgehead atoms. The lowest BCUT2D eigenvalue weighted by atomic mass is 9.61. The smallest absolute Gasteiger partial charge is 0.308 e. The van der Waals surface area contributed by atoms with E-state index in [1.54, 1.807) is 10.7 Å². The molecule has 3 aliphatic carbocycles. The summed E-state index contributed by atoms with van der Waals surface area (Å²) in [6.45, 7) is 0. The second-order valence-electron chi connectivity index (χ2n) is 8.58. The van der Waals surface area contributed by atoms with Gasteiger partial charge >= 0.3 is 5.97 Å². The number of pyridine rings is 1. The summed E-state index contributed by atoms with van der Waals surface area (Å²) < 4.78 is 1.78. The van der Waals surface area contributed by atoms with E-state index in [2.05, 4.69) is 20.4 Å². The van der Waals surface area contributed by atoms with Crippen LogP contribution < -0.4 is 5.32 Å². The summed E-state index contributed by atoms with van der Waals surface area (Å²) in [6, 6.07) is 5.56. The zero-order valence-electron chi connectivity index (χ0n) is 16.6. The summed E-state index contributed by atoms with van der Waals surface area (Å²) in [6.07, 6.45) is 9.41. The minimum Gasteiger partial charge on any atom is -0.481 e. The van der Waals surface area contributed by atoms with Crippen molar-refractivity contribution in [3.05, 3.63) is 41.8 Å². The Bertz CT molecular complexity index is 1310. The molecule has 3 aliphatic rings. The first-order chi connectivity index (χ1) is 15.1. The molecule has 4 heterocycles. The normalized spacial score (nSPS) is 25.3. The van der Waals surface area contributed by atoms with E-state index in [9.17, 15) is 9.90 Å². The van der Waals surface area contributed by atoms with Crippen molar-refractivity contribution in [3.8, 4) is 11.4 Å².